The van der Waals surface area contributed by atoms with Crippen LogP contribution in [-0.4, -0.2) is 30.9 Å². The molecule has 4 bridgehead atoms. The standard InChI is InChI=1S/C14H24N2OS/c1-17-3-2-15-13(18)16-14-7-10-4-11(8-14)6-12(5-10)9-14/h10-12H,2-9H2,1H3,(H2,15,16,18). The highest BCUT2D eigenvalue weighted by molar-refractivity contribution is 7.80. The first-order valence-electron chi connectivity index (χ1n) is 7.24. The molecule has 0 atom stereocenters. The largest absolute Gasteiger partial charge is 0.383 e. The maximum atomic E-state index is 5.42. The Bertz CT molecular complexity index is 296. The van der Waals surface area contributed by atoms with E-state index in [0.717, 1.165) is 29.4 Å². The molecule has 4 saturated carbocycles. The Kier molecular flexibility index (Phi) is 3.50. The van der Waals surface area contributed by atoms with Crippen LogP contribution in [0.15, 0.2) is 0 Å². The molecule has 0 unspecified atom stereocenters. The molecular weight excluding hydrogens is 244 g/mol. The second-order valence-electron chi connectivity index (χ2n) is 6.57. The first-order chi connectivity index (χ1) is 8.69. The van der Waals surface area contributed by atoms with E-state index in [1.165, 1.54) is 38.5 Å². The van der Waals surface area contributed by atoms with Crippen molar-refractivity contribution in [1.29, 1.82) is 0 Å². The van der Waals surface area contributed by atoms with Crippen LogP contribution in [0.3, 0.4) is 0 Å². The quantitative estimate of drug-likeness (QED) is 0.604. The third-order valence-corrected chi connectivity index (χ3v) is 5.26. The van der Waals surface area contributed by atoms with E-state index >= 15 is 0 Å². The third kappa shape index (κ3) is 2.50. The van der Waals surface area contributed by atoms with Gasteiger partial charge in [0.25, 0.3) is 0 Å². The minimum Gasteiger partial charge on any atom is -0.383 e. The summed E-state index contributed by atoms with van der Waals surface area (Å²) in [7, 11) is 1.72. The lowest BCUT2D eigenvalue weighted by atomic mass is 9.53. The number of thiocarbonyl (C=S) groups is 1. The van der Waals surface area contributed by atoms with Crippen LogP contribution in [0.1, 0.15) is 38.5 Å². The van der Waals surface area contributed by atoms with Gasteiger partial charge >= 0.3 is 0 Å². The van der Waals surface area contributed by atoms with Gasteiger partial charge in [-0.1, -0.05) is 0 Å². The molecule has 4 rings (SSSR count). The molecule has 0 aliphatic heterocycles. The Hall–Kier alpha value is -0.350. The molecule has 0 aromatic heterocycles. The molecule has 0 amide bonds. The van der Waals surface area contributed by atoms with E-state index in [4.69, 9.17) is 17.0 Å². The van der Waals surface area contributed by atoms with Crippen molar-refractivity contribution in [2.45, 2.75) is 44.1 Å². The minimum absolute atomic E-state index is 0.325. The average Bonchev–Trinajstić information content (AvgIpc) is 2.26. The predicted molar refractivity (Wildman–Crippen MR) is 76.5 cm³/mol. The van der Waals surface area contributed by atoms with Crippen LogP contribution >= 0.6 is 12.2 Å². The van der Waals surface area contributed by atoms with Crippen molar-refractivity contribution in [3.63, 3.8) is 0 Å². The second kappa shape index (κ2) is 4.97. The molecular formula is C14H24N2OS. The highest BCUT2D eigenvalue weighted by Gasteiger charge is 2.51. The SMILES string of the molecule is COCCNC(=S)NC12CC3CC(CC(C3)C1)C2. The Labute approximate surface area is 115 Å². The zero-order valence-corrected chi connectivity index (χ0v) is 12.0. The summed E-state index contributed by atoms with van der Waals surface area (Å²) in [6.45, 7) is 1.51. The van der Waals surface area contributed by atoms with Crippen LogP contribution in [0, 0.1) is 17.8 Å². The summed E-state index contributed by atoms with van der Waals surface area (Å²) in [6, 6.07) is 0. The van der Waals surface area contributed by atoms with Crippen LogP contribution in [0.5, 0.6) is 0 Å². The van der Waals surface area contributed by atoms with Gasteiger partial charge in [0.05, 0.1) is 6.61 Å². The Morgan fingerprint density at radius 2 is 1.72 bits per heavy atom. The number of ether oxygens (including phenoxy) is 1. The van der Waals surface area contributed by atoms with E-state index in [1.807, 2.05) is 0 Å². The summed E-state index contributed by atoms with van der Waals surface area (Å²) in [5.41, 5.74) is 0.325. The van der Waals surface area contributed by atoms with Crippen molar-refractivity contribution in [1.82, 2.24) is 10.6 Å². The van der Waals surface area contributed by atoms with Gasteiger partial charge in [-0.2, -0.15) is 0 Å². The van der Waals surface area contributed by atoms with Gasteiger partial charge in [0.1, 0.15) is 0 Å². The molecule has 0 saturated heterocycles. The monoisotopic (exact) mass is 268 g/mol. The van der Waals surface area contributed by atoms with E-state index in [-0.39, 0.29) is 0 Å². The van der Waals surface area contributed by atoms with Gasteiger partial charge in [0, 0.05) is 19.2 Å². The maximum absolute atomic E-state index is 5.42. The molecule has 4 aliphatic carbocycles. The Balaban J connectivity index is 1.57. The van der Waals surface area contributed by atoms with Gasteiger partial charge in [-0.3, -0.25) is 0 Å². The number of nitrogens with one attached hydrogen (secondary N) is 2. The van der Waals surface area contributed by atoms with Crippen molar-refractivity contribution in [3.05, 3.63) is 0 Å². The Morgan fingerprint density at radius 1 is 1.17 bits per heavy atom. The first-order valence-corrected chi connectivity index (χ1v) is 7.65. The number of hydrogen-bond acceptors (Lipinski definition) is 2. The van der Waals surface area contributed by atoms with Gasteiger partial charge in [-0.05, 0) is 68.5 Å². The predicted octanol–water partition coefficient (Wildman–Crippen LogP) is 2.07. The lowest BCUT2D eigenvalue weighted by Crippen LogP contribution is -2.61. The summed E-state index contributed by atoms with van der Waals surface area (Å²) in [5, 5.41) is 7.73. The molecule has 4 fully saturated rings. The molecule has 0 aromatic carbocycles. The first kappa shape index (κ1) is 12.7. The number of methoxy groups -OCH3 is 1. The maximum Gasteiger partial charge on any atom is 0.166 e. The van der Waals surface area contributed by atoms with Crippen molar-refractivity contribution in [2.75, 3.05) is 20.3 Å². The molecule has 18 heavy (non-hydrogen) atoms. The highest BCUT2D eigenvalue weighted by Crippen LogP contribution is 2.55. The molecule has 0 heterocycles. The summed E-state index contributed by atoms with van der Waals surface area (Å²) in [4.78, 5) is 0. The van der Waals surface area contributed by atoms with Crippen LogP contribution in [-0.2, 0) is 4.74 Å². The zero-order valence-electron chi connectivity index (χ0n) is 11.2. The Morgan fingerprint density at radius 3 is 2.22 bits per heavy atom. The lowest BCUT2D eigenvalue weighted by Gasteiger charge is -2.57. The fourth-order valence-electron chi connectivity index (χ4n) is 4.82. The lowest BCUT2D eigenvalue weighted by molar-refractivity contribution is -0.0102. The molecule has 0 radical (unpaired) electrons. The van der Waals surface area contributed by atoms with Crippen LogP contribution in [0.4, 0.5) is 0 Å². The van der Waals surface area contributed by atoms with Crippen molar-refractivity contribution >= 4 is 17.3 Å². The van der Waals surface area contributed by atoms with E-state index in [1.54, 1.807) is 7.11 Å². The van der Waals surface area contributed by atoms with Crippen LogP contribution in [0.2, 0.25) is 0 Å². The van der Waals surface area contributed by atoms with Gasteiger partial charge in [0.15, 0.2) is 5.11 Å². The smallest absolute Gasteiger partial charge is 0.166 e. The van der Waals surface area contributed by atoms with Crippen molar-refractivity contribution in [2.24, 2.45) is 17.8 Å². The van der Waals surface area contributed by atoms with Gasteiger partial charge < -0.3 is 15.4 Å². The summed E-state index contributed by atoms with van der Waals surface area (Å²) >= 11 is 5.42. The molecule has 0 aromatic rings. The highest BCUT2D eigenvalue weighted by atomic mass is 32.1. The van der Waals surface area contributed by atoms with E-state index in [0.29, 0.717) is 12.1 Å². The average molecular weight is 268 g/mol. The summed E-state index contributed by atoms with van der Waals surface area (Å²) < 4.78 is 5.04. The normalized spacial score (nSPS) is 40.8. The molecule has 102 valence electrons. The fourth-order valence-corrected chi connectivity index (χ4v) is 5.13. The third-order valence-electron chi connectivity index (χ3n) is 5.01. The van der Waals surface area contributed by atoms with Gasteiger partial charge in [-0.25, -0.2) is 0 Å². The molecule has 4 aliphatic rings. The van der Waals surface area contributed by atoms with E-state index in [9.17, 15) is 0 Å². The molecule has 0 spiro atoms. The van der Waals surface area contributed by atoms with Gasteiger partial charge in [0.2, 0.25) is 0 Å². The fraction of sp³-hybridized carbons (Fsp3) is 0.929. The second-order valence-corrected chi connectivity index (χ2v) is 6.98. The summed E-state index contributed by atoms with van der Waals surface area (Å²) in [6.07, 6.45) is 8.45. The number of rotatable bonds is 4. The molecule has 3 nitrogen and oxygen atoms in total. The van der Waals surface area contributed by atoms with Crippen LogP contribution < -0.4 is 10.6 Å². The van der Waals surface area contributed by atoms with E-state index < -0.39 is 0 Å². The molecule has 4 heteroatoms. The molecule has 2 N–H and O–H groups in total. The topological polar surface area (TPSA) is 33.3 Å². The van der Waals surface area contributed by atoms with Crippen molar-refractivity contribution in [3.8, 4) is 0 Å². The van der Waals surface area contributed by atoms with Crippen LogP contribution in [0.25, 0.3) is 0 Å². The van der Waals surface area contributed by atoms with E-state index in [2.05, 4.69) is 10.6 Å². The minimum atomic E-state index is 0.325. The summed E-state index contributed by atoms with van der Waals surface area (Å²) in [5.74, 6) is 2.89. The van der Waals surface area contributed by atoms with Crippen molar-refractivity contribution < 1.29 is 4.74 Å². The zero-order chi connectivity index (χ0) is 12.6. The number of hydrogen-bond donors (Lipinski definition) is 2. The van der Waals surface area contributed by atoms with Gasteiger partial charge in [-0.15, -0.1) is 0 Å².